The maximum absolute atomic E-state index is 2.26. The fourth-order valence-electron chi connectivity index (χ4n) is 2.93. The lowest BCUT2D eigenvalue weighted by molar-refractivity contribution is 1.12. The number of nitrogens with zero attached hydrogens (tertiary/aromatic N) is 2. The van der Waals surface area contributed by atoms with Crippen LogP contribution in [0.5, 0.6) is 0 Å². The summed E-state index contributed by atoms with van der Waals surface area (Å²) in [5.74, 6) is 0. The maximum atomic E-state index is 2.26. The van der Waals surface area contributed by atoms with Crippen LogP contribution in [-0.4, -0.2) is 0 Å². The summed E-state index contributed by atoms with van der Waals surface area (Å²) >= 11 is 0. The van der Waals surface area contributed by atoms with Crippen molar-refractivity contribution in [2.75, 3.05) is 9.80 Å². The van der Waals surface area contributed by atoms with Gasteiger partial charge < -0.3 is 9.80 Å². The van der Waals surface area contributed by atoms with Gasteiger partial charge in [0.2, 0.25) is 0 Å². The lowest BCUT2D eigenvalue weighted by atomic mass is 10.1. The van der Waals surface area contributed by atoms with Crippen LogP contribution in [0, 0.1) is 13.6 Å². The number of benzene rings is 3. The van der Waals surface area contributed by atoms with Gasteiger partial charge >= 0.3 is 0 Å². The van der Waals surface area contributed by atoms with E-state index in [-0.39, 0.29) is 0 Å². The lowest BCUT2D eigenvalue weighted by Gasteiger charge is -2.22. The second-order valence-corrected chi connectivity index (χ2v) is 5.47. The van der Waals surface area contributed by atoms with Crippen LogP contribution in [0.15, 0.2) is 78.9 Å². The Morgan fingerprint density at radius 3 is 1.77 bits per heavy atom. The molecule has 0 saturated heterocycles. The minimum atomic E-state index is 1.17. The molecule has 2 heteroatoms. The van der Waals surface area contributed by atoms with Crippen LogP contribution in [0.4, 0.5) is 22.7 Å². The number of para-hydroxylation sites is 4. The van der Waals surface area contributed by atoms with E-state index in [0.717, 1.165) is 0 Å². The third kappa shape index (κ3) is 2.04. The summed E-state index contributed by atoms with van der Waals surface area (Å²) in [5, 5.41) is 0. The third-order valence-corrected chi connectivity index (χ3v) is 4.04. The number of rotatable bonds is 2. The lowest BCUT2D eigenvalue weighted by Crippen LogP contribution is -2.18. The van der Waals surface area contributed by atoms with Crippen LogP contribution in [-0.2, 0) is 0 Å². The average Bonchev–Trinajstić information content (AvgIpc) is 2.96. The van der Waals surface area contributed by atoms with Crippen molar-refractivity contribution in [1.82, 2.24) is 0 Å². The van der Waals surface area contributed by atoms with Gasteiger partial charge in [-0.25, -0.2) is 0 Å². The molecule has 107 valence electrons. The molecule has 22 heavy (non-hydrogen) atoms. The summed E-state index contributed by atoms with van der Waals surface area (Å²) in [7, 11) is 0. The summed E-state index contributed by atoms with van der Waals surface area (Å²) in [6.07, 6.45) is 0. The summed E-state index contributed by atoms with van der Waals surface area (Å²) < 4.78 is 0. The summed E-state index contributed by atoms with van der Waals surface area (Å²) in [5.41, 5.74) is 6.07. The molecule has 1 aliphatic rings. The highest BCUT2D eigenvalue weighted by atomic mass is 15.4. The van der Waals surface area contributed by atoms with Crippen molar-refractivity contribution in [3.8, 4) is 0 Å². The fourth-order valence-corrected chi connectivity index (χ4v) is 2.93. The first kappa shape index (κ1) is 13.0. The Morgan fingerprint density at radius 2 is 1.09 bits per heavy atom. The van der Waals surface area contributed by atoms with Gasteiger partial charge in [-0.1, -0.05) is 48.5 Å². The molecular weight excluding hydrogens is 268 g/mol. The highest BCUT2D eigenvalue weighted by molar-refractivity contribution is 5.89. The van der Waals surface area contributed by atoms with Crippen LogP contribution in [0.2, 0.25) is 0 Å². The molecule has 0 N–H and O–H groups in total. The van der Waals surface area contributed by atoms with Gasteiger partial charge in [0.1, 0.15) is 0 Å². The van der Waals surface area contributed by atoms with Crippen LogP contribution in [0.25, 0.3) is 0 Å². The molecule has 3 aromatic rings. The third-order valence-electron chi connectivity index (χ3n) is 4.04. The Hall–Kier alpha value is -2.74. The van der Waals surface area contributed by atoms with E-state index in [4.69, 9.17) is 0 Å². The van der Waals surface area contributed by atoms with Gasteiger partial charge in [0.25, 0.3) is 0 Å². The van der Waals surface area contributed by atoms with E-state index in [0.29, 0.717) is 0 Å². The van der Waals surface area contributed by atoms with E-state index in [1.807, 2.05) is 6.07 Å². The second kappa shape index (κ2) is 5.23. The molecule has 0 fully saturated rings. The molecule has 0 unspecified atom stereocenters. The quantitative estimate of drug-likeness (QED) is 0.621. The Bertz CT molecular complexity index is 796. The Kier molecular flexibility index (Phi) is 3.08. The molecule has 0 aromatic heterocycles. The van der Waals surface area contributed by atoms with Crippen LogP contribution in [0.3, 0.4) is 0 Å². The van der Waals surface area contributed by atoms with Gasteiger partial charge in [-0.15, -0.1) is 0 Å². The zero-order valence-electron chi connectivity index (χ0n) is 12.5. The highest BCUT2D eigenvalue weighted by Crippen LogP contribution is 2.46. The predicted molar refractivity (Wildman–Crippen MR) is 92.6 cm³/mol. The standard InChI is InChI=1S/C20H17N2/c1-16-9-5-6-12-18(16)22-15-21(17-10-3-2-4-11-17)19-13-7-8-14-20(19)22/h2-15H,1H3. The first-order valence-electron chi connectivity index (χ1n) is 7.48. The minimum Gasteiger partial charge on any atom is -0.314 e. The van der Waals surface area contributed by atoms with Crippen molar-refractivity contribution < 1.29 is 0 Å². The largest absolute Gasteiger partial charge is 0.314 e. The monoisotopic (exact) mass is 285 g/mol. The second-order valence-electron chi connectivity index (χ2n) is 5.47. The molecule has 2 nitrogen and oxygen atoms in total. The molecule has 1 aliphatic heterocycles. The Morgan fingerprint density at radius 1 is 0.545 bits per heavy atom. The molecule has 1 radical (unpaired) electrons. The molecule has 0 saturated carbocycles. The molecule has 3 aromatic carbocycles. The molecule has 0 spiro atoms. The summed E-state index contributed by atoms with van der Waals surface area (Å²) in [6.45, 7) is 4.32. The smallest absolute Gasteiger partial charge is 0.151 e. The number of hydrogen-bond acceptors (Lipinski definition) is 2. The van der Waals surface area contributed by atoms with E-state index in [9.17, 15) is 0 Å². The van der Waals surface area contributed by atoms with E-state index < -0.39 is 0 Å². The number of aryl methyl sites for hydroxylation is 1. The highest BCUT2D eigenvalue weighted by Gasteiger charge is 2.28. The van der Waals surface area contributed by atoms with Gasteiger partial charge in [-0.3, -0.25) is 0 Å². The average molecular weight is 285 g/mol. The number of anilines is 4. The normalized spacial score (nSPS) is 13.3. The van der Waals surface area contributed by atoms with Crippen molar-refractivity contribution in [1.29, 1.82) is 0 Å². The van der Waals surface area contributed by atoms with Crippen LogP contribution >= 0.6 is 0 Å². The Balaban J connectivity index is 1.83. The number of hydrogen-bond donors (Lipinski definition) is 0. The van der Waals surface area contributed by atoms with Crippen molar-refractivity contribution in [2.24, 2.45) is 0 Å². The van der Waals surface area contributed by atoms with Crippen molar-refractivity contribution in [3.63, 3.8) is 0 Å². The van der Waals surface area contributed by atoms with E-state index in [1.54, 1.807) is 0 Å². The molecule has 0 amide bonds. The van der Waals surface area contributed by atoms with E-state index in [1.165, 1.54) is 28.3 Å². The zero-order valence-corrected chi connectivity index (χ0v) is 12.5. The first-order chi connectivity index (χ1) is 10.8. The van der Waals surface area contributed by atoms with E-state index >= 15 is 0 Å². The summed E-state index contributed by atoms with van der Waals surface area (Å²) in [4.78, 5) is 4.50. The molecule has 4 rings (SSSR count). The van der Waals surface area contributed by atoms with Crippen molar-refractivity contribution in [3.05, 3.63) is 91.1 Å². The number of fused-ring (bicyclic) bond motifs is 1. The molecule has 1 heterocycles. The molecule has 0 aliphatic carbocycles. The summed E-state index contributed by atoms with van der Waals surface area (Å²) in [6, 6.07) is 27.4. The van der Waals surface area contributed by atoms with Crippen molar-refractivity contribution >= 4 is 22.7 Å². The molecular formula is C20H17N2. The van der Waals surface area contributed by atoms with Crippen molar-refractivity contribution in [2.45, 2.75) is 6.92 Å². The van der Waals surface area contributed by atoms with Gasteiger partial charge in [0.05, 0.1) is 11.4 Å². The topological polar surface area (TPSA) is 6.48 Å². The van der Waals surface area contributed by atoms with Crippen LogP contribution in [0.1, 0.15) is 5.56 Å². The van der Waals surface area contributed by atoms with Gasteiger partial charge in [0.15, 0.2) is 6.67 Å². The van der Waals surface area contributed by atoms with Gasteiger partial charge in [0, 0.05) is 11.4 Å². The predicted octanol–water partition coefficient (Wildman–Crippen LogP) is 5.40. The SMILES string of the molecule is Cc1ccccc1N1[CH]N(c2ccccc2)c2ccccc21. The fraction of sp³-hybridized carbons (Fsp3) is 0.0500. The molecule has 0 atom stereocenters. The van der Waals surface area contributed by atoms with Gasteiger partial charge in [-0.05, 0) is 42.8 Å². The van der Waals surface area contributed by atoms with E-state index in [2.05, 4.69) is 96.2 Å². The van der Waals surface area contributed by atoms with Crippen LogP contribution < -0.4 is 9.80 Å². The molecule has 0 bridgehead atoms. The minimum absolute atomic E-state index is 1.17. The first-order valence-corrected chi connectivity index (χ1v) is 7.48. The zero-order chi connectivity index (χ0) is 14.9. The van der Waals surface area contributed by atoms with Gasteiger partial charge in [-0.2, -0.15) is 0 Å². The maximum Gasteiger partial charge on any atom is 0.151 e. The Labute approximate surface area is 131 Å².